The van der Waals surface area contributed by atoms with Crippen molar-refractivity contribution in [1.82, 2.24) is 10.9 Å². The molecule has 0 aliphatic rings. The summed E-state index contributed by atoms with van der Waals surface area (Å²) in [5, 5.41) is 8.65. The summed E-state index contributed by atoms with van der Waals surface area (Å²) in [6, 6.07) is 10.5. The Kier molecular flexibility index (Phi) is 7.66. The smallest absolute Gasteiger partial charge is 0.419 e. The van der Waals surface area contributed by atoms with Crippen molar-refractivity contribution in [2.45, 2.75) is 51.5 Å². The molecule has 0 spiro atoms. The van der Waals surface area contributed by atoms with Gasteiger partial charge in [-0.3, -0.25) is 5.43 Å². The zero-order valence-electron chi connectivity index (χ0n) is 11.6. The molecule has 0 aliphatic carbocycles. The standard InChI is InChI=1S/C15H24N2O2/c1-2-3-5-10-14(16-17-15(18)19)12-11-13-8-6-4-7-9-13/h4,6-9,14,16-17H,2-3,5,10-12H2,1H3,(H,18,19). The third-order valence-electron chi connectivity index (χ3n) is 3.16. The average molecular weight is 264 g/mol. The van der Waals surface area contributed by atoms with Crippen molar-refractivity contribution in [1.29, 1.82) is 0 Å². The van der Waals surface area contributed by atoms with Crippen molar-refractivity contribution in [3.63, 3.8) is 0 Å². The topological polar surface area (TPSA) is 61.4 Å². The summed E-state index contributed by atoms with van der Waals surface area (Å²) in [5.41, 5.74) is 6.47. The fraction of sp³-hybridized carbons (Fsp3) is 0.533. The molecule has 19 heavy (non-hydrogen) atoms. The number of amides is 1. The van der Waals surface area contributed by atoms with Crippen LogP contribution in [0.2, 0.25) is 0 Å². The maximum Gasteiger partial charge on any atom is 0.419 e. The number of carbonyl (C=O) groups is 1. The molecule has 1 aromatic rings. The van der Waals surface area contributed by atoms with E-state index in [1.54, 1.807) is 0 Å². The van der Waals surface area contributed by atoms with E-state index in [0.29, 0.717) is 0 Å². The van der Waals surface area contributed by atoms with Gasteiger partial charge in [-0.1, -0.05) is 56.5 Å². The lowest BCUT2D eigenvalue weighted by Gasteiger charge is -2.18. The van der Waals surface area contributed by atoms with Gasteiger partial charge < -0.3 is 5.11 Å². The van der Waals surface area contributed by atoms with Crippen LogP contribution in [-0.4, -0.2) is 17.2 Å². The van der Waals surface area contributed by atoms with Crippen molar-refractivity contribution in [3.05, 3.63) is 35.9 Å². The summed E-state index contributed by atoms with van der Waals surface area (Å²) in [6.45, 7) is 2.17. The van der Waals surface area contributed by atoms with Gasteiger partial charge in [-0.25, -0.2) is 10.2 Å². The molecule has 106 valence electrons. The van der Waals surface area contributed by atoms with Crippen LogP contribution in [0.25, 0.3) is 0 Å². The third-order valence-corrected chi connectivity index (χ3v) is 3.16. The van der Waals surface area contributed by atoms with Gasteiger partial charge in [-0.05, 0) is 24.8 Å². The summed E-state index contributed by atoms with van der Waals surface area (Å²) < 4.78 is 0. The van der Waals surface area contributed by atoms with Gasteiger partial charge in [0.15, 0.2) is 0 Å². The molecule has 4 nitrogen and oxygen atoms in total. The Labute approximate surface area is 115 Å². The number of nitrogens with one attached hydrogen (secondary N) is 2. The molecular formula is C15H24N2O2. The van der Waals surface area contributed by atoms with Crippen LogP contribution in [0, 0.1) is 0 Å². The van der Waals surface area contributed by atoms with E-state index in [1.807, 2.05) is 18.2 Å². The summed E-state index contributed by atoms with van der Waals surface area (Å²) >= 11 is 0. The lowest BCUT2D eigenvalue weighted by Crippen LogP contribution is -2.43. The Morgan fingerprint density at radius 1 is 1.21 bits per heavy atom. The zero-order valence-corrected chi connectivity index (χ0v) is 11.6. The predicted octanol–water partition coefficient (Wildman–Crippen LogP) is 3.34. The molecule has 1 amide bonds. The molecule has 0 aliphatic heterocycles. The van der Waals surface area contributed by atoms with E-state index in [-0.39, 0.29) is 6.04 Å². The highest BCUT2D eigenvalue weighted by molar-refractivity contribution is 5.63. The molecule has 1 atom stereocenters. The van der Waals surface area contributed by atoms with E-state index in [0.717, 1.165) is 25.7 Å². The normalized spacial score (nSPS) is 12.1. The second-order valence-corrected chi connectivity index (χ2v) is 4.79. The first-order chi connectivity index (χ1) is 9.22. The zero-order chi connectivity index (χ0) is 13.9. The molecule has 0 saturated carbocycles. The first kappa shape index (κ1) is 15.5. The van der Waals surface area contributed by atoms with Gasteiger partial charge in [0.25, 0.3) is 0 Å². The average Bonchev–Trinajstić information content (AvgIpc) is 2.42. The summed E-state index contributed by atoms with van der Waals surface area (Å²) in [4.78, 5) is 10.5. The molecule has 1 rings (SSSR count). The fourth-order valence-electron chi connectivity index (χ4n) is 2.08. The highest BCUT2D eigenvalue weighted by Gasteiger charge is 2.09. The van der Waals surface area contributed by atoms with Crippen LogP contribution in [0.4, 0.5) is 4.79 Å². The number of hydrazine groups is 1. The van der Waals surface area contributed by atoms with Gasteiger partial charge in [0.1, 0.15) is 0 Å². The Hall–Kier alpha value is -1.55. The number of hydrogen-bond donors (Lipinski definition) is 3. The van der Waals surface area contributed by atoms with Crippen molar-refractivity contribution in [2.24, 2.45) is 0 Å². The molecule has 3 N–H and O–H groups in total. The van der Waals surface area contributed by atoms with Crippen LogP contribution in [0.5, 0.6) is 0 Å². The van der Waals surface area contributed by atoms with Gasteiger partial charge in [-0.15, -0.1) is 0 Å². The minimum absolute atomic E-state index is 0.197. The van der Waals surface area contributed by atoms with Gasteiger partial charge in [0.05, 0.1) is 0 Å². The minimum atomic E-state index is -1.03. The van der Waals surface area contributed by atoms with Crippen LogP contribution >= 0.6 is 0 Å². The number of rotatable bonds is 9. The molecule has 0 heterocycles. The number of unbranched alkanes of at least 4 members (excludes halogenated alkanes) is 2. The Balaban J connectivity index is 2.36. The highest BCUT2D eigenvalue weighted by atomic mass is 16.4. The van der Waals surface area contributed by atoms with E-state index in [2.05, 4.69) is 29.9 Å². The number of aryl methyl sites for hydroxylation is 1. The van der Waals surface area contributed by atoms with Crippen LogP contribution in [-0.2, 0) is 6.42 Å². The molecular weight excluding hydrogens is 240 g/mol. The van der Waals surface area contributed by atoms with Gasteiger partial charge in [0, 0.05) is 6.04 Å². The molecule has 0 bridgehead atoms. The fourth-order valence-corrected chi connectivity index (χ4v) is 2.08. The predicted molar refractivity (Wildman–Crippen MR) is 77.0 cm³/mol. The second kappa shape index (κ2) is 9.39. The molecule has 1 aromatic carbocycles. The first-order valence-electron chi connectivity index (χ1n) is 7.00. The Morgan fingerprint density at radius 3 is 2.58 bits per heavy atom. The van der Waals surface area contributed by atoms with Crippen LogP contribution < -0.4 is 10.9 Å². The highest BCUT2D eigenvalue weighted by Crippen LogP contribution is 2.10. The molecule has 0 aromatic heterocycles. The number of hydrogen-bond acceptors (Lipinski definition) is 2. The monoisotopic (exact) mass is 264 g/mol. The molecule has 0 fully saturated rings. The molecule has 0 radical (unpaired) electrons. The maximum absolute atomic E-state index is 10.5. The lowest BCUT2D eigenvalue weighted by atomic mass is 10.0. The summed E-state index contributed by atoms with van der Waals surface area (Å²) in [7, 11) is 0. The van der Waals surface area contributed by atoms with Crippen LogP contribution in [0.3, 0.4) is 0 Å². The van der Waals surface area contributed by atoms with Crippen LogP contribution in [0.1, 0.15) is 44.6 Å². The van der Waals surface area contributed by atoms with Gasteiger partial charge in [-0.2, -0.15) is 0 Å². The molecule has 4 heteroatoms. The quantitative estimate of drug-likeness (QED) is 0.473. The van der Waals surface area contributed by atoms with E-state index >= 15 is 0 Å². The largest absolute Gasteiger partial charge is 0.464 e. The first-order valence-corrected chi connectivity index (χ1v) is 7.00. The maximum atomic E-state index is 10.5. The van der Waals surface area contributed by atoms with Gasteiger partial charge in [0.2, 0.25) is 0 Å². The van der Waals surface area contributed by atoms with Crippen LogP contribution in [0.15, 0.2) is 30.3 Å². The Morgan fingerprint density at radius 2 is 1.95 bits per heavy atom. The third kappa shape index (κ3) is 7.47. The number of carboxylic acid groups (broad SMARTS) is 1. The minimum Gasteiger partial charge on any atom is -0.464 e. The summed E-state index contributed by atoms with van der Waals surface area (Å²) in [5.74, 6) is 0. The SMILES string of the molecule is CCCCCC(CCc1ccccc1)NNC(=O)O. The summed E-state index contributed by atoms with van der Waals surface area (Å²) in [6.07, 6.45) is 5.37. The lowest BCUT2D eigenvalue weighted by molar-refractivity contribution is 0.185. The molecule has 1 unspecified atom stereocenters. The number of benzene rings is 1. The second-order valence-electron chi connectivity index (χ2n) is 4.79. The van der Waals surface area contributed by atoms with Crippen molar-refractivity contribution < 1.29 is 9.90 Å². The van der Waals surface area contributed by atoms with E-state index in [9.17, 15) is 4.79 Å². The van der Waals surface area contributed by atoms with Gasteiger partial charge >= 0.3 is 6.09 Å². The van der Waals surface area contributed by atoms with E-state index < -0.39 is 6.09 Å². The van der Waals surface area contributed by atoms with Crippen molar-refractivity contribution >= 4 is 6.09 Å². The van der Waals surface area contributed by atoms with Crippen molar-refractivity contribution in [2.75, 3.05) is 0 Å². The van der Waals surface area contributed by atoms with E-state index in [1.165, 1.54) is 18.4 Å². The Bertz CT molecular complexity index is 354. The van der Waals surface area contributed by atoms with Crippen molar-refractivity contribution in [3.8, 4) is 0 Å². The molecule has 0 saturated heterocycles. The van der Waals surface area contributed by atoms with E-state index in [4.69, 9.17) is 5.11 Å².